The first-order valence-electron chi connectivity index (χ1n) is 11.7. The number of fused-ring (bicyclic) bond motifs is 1. The Balaban J connectivity index is 1.24. The third-order valence-corrected chi connectivity index (χ3v) is 8.32. The molecule has 2 heterocycles. The minimum atomic E-state index is -3.53. The first-order chi connectivity index (χ1) is 17.3. The zero-order valence-electron chi connectivity index (χ0n) is 20.2. The molecule has 0 unspecified atom stereocenters. The molecule has 184 valence electrons. The van der Waals surface area contributed by atoms with Crippen LogP contribution in [-0.4, -0.2) is 74.0 Å². The lowest BCUT2D eigenvalue weighted by Gasteiger charge is -2.35. The second-order valence-electron chi connectivity index (χ2n) is 8.89. The van der Waals surface area contributed by atoms with Crippen molar-refractivity contribution in [2.24, 2.45) is 0 Å². The minimum absolute atomic E-state index is 0.110. The van der Waals surface area contributed by atoms with Gasteiger partial charge >= 0.3 is 0 Å². The second-order valence-corrected chi connectivity index (χ2v) is 11.0. The predicted octanol–water partition coefficient (Wildman–Crippen LogP) is 3.51. The number of hydrogen-bond donors (Lipinski definition) is 0. The van der Waals surface area contributed by atoms with Gasteiger partial charge in [0, 0.05) is 51.4 Å². The van der Waals surface area contributed by atoms with Crippen LogP contribution in [0.1, 0.15) is 10.4 Å². The molecule has 9 heteroatoms. The maximum atomic E-state index is 13.0. The van der Waals surface area contributed by atoms with E-state index in [2.05, 4.69) is 39.4 Å². The summed E-state index contributed by atoms with van der Waals surface area (Å²) in [6.45, 7) is 2.37. The van der Waals surface area contributed by atoms with Gasteiger partial charge in [-0.05, 0) is 47.2 Å². The molecule has 5 rings (SSSR count). The van der Waals surface area contributed by atoms with Gasteiger partial charge in [0.25, 0.3) is 5.91 Å². The fourth-order valence-electron chi connectivity index (χ4n) is 4.39. The number of piperazine rings is 1. The Bertz CT molecular complexity index is 1490. The summed E-state index contributed by atoms with van der Waals surface area (Å²) in [6, 6.07) is 24.5. The van der Waals surface area contributed by atoms with Crippen LogP contribution in [0.15, 0.2) is 83.8 Å². The quantitative estimate of drug-likeness (QED) is 0.416. The van der Waals surface area contributed by atoms with Crippen LogP contribution >= 0.6 is 0 Å². The molecule has 36 heavy (non-hydrogen) atoms. The van der Waals surface area contributed by atoms with Crippen molar-refractivity contribution in [1.29, 1.82) is 0 Å². The van der Waals surface area contributed by atoms with E-state index in [1.807, 2.05) is 30.3 Å². The van der Waals surface area contributed by atoms with Crippen molar-refractivity contribution in [3.05, 3.63) is 84.4 Å². The lowest BCUT2D eigenvalue weighted by atomic mass is 10.0. The number of carbonyl (C=O) groups excluding carboxylic acids is 1. The Morgan fingerprint density at radius 2 is 1.50 bits per heavy atom. The molecule has 0 saturated carbocycles. The van der Waals surface area contributed by atoms with E-state index in [-0.39, 0.29) is 10.8 Å². The lowest BCUT2D eigenvalue weighted by molar-refractivity contribution is 0.0746. The van der Waals surface area contributed by atoms with Gasteiger partial charge < -0.3 is 9.80 Å². The summed E-state index contributed by atoms with van der Waals surface area (Å²) >= 11 is 0. The highest BCUT2D eigenvalue weighted by Crippen LogP contribution is 2.27. The molecular formula is C27H27N5O3S. The Labute approximate surface area is 210 Å². The first kappa shape index (κ1) is 23.9. The van der Waals surface area contributed by atoms with Crippen LogP contribution in [0.2, 0.25) is 0 Å². The Morgan fingerprint density at radius 1 is 0.806 bits per heavy atom. The van der Waals surface area contributed by atoms with Crippen molar-refractivity contribution in [2.45, 2.75) is 4.90 Å². The van der Waals surface area contributed by atoms with E-state index < -0.39 is 10.0 Å². The van der Waals surface area contributed by atoms with E-state index in [0.717, 1.165) is 32.2 Å². The second kappa shape index (κ2) is 9.67. The number of sulfonamides is 1. The Kier molecular flexibility index (Phi) is 6.42. The molecular weight excluding hydrogens is 474 g/mol. The molecule has 0 aliphatic carbocycles. The topological polar surface area (TPSA) is 86.7 Å². The molecule has 3 aromatic carbocycles. The molecule has 4 aromatic rings. The van der Waals surface area contributed by atoms with Gasteiger partial charge in [0.2, 0.25) is 10.0 Å². The number of benzene rings is 3. The van der Waals surface area contributed by atoms with Crippen LogP contribution < -0.4 is 4.90 Å². The minimum Gasteiger partial charge on any atom is -0.352 e. The summed E-state index contributed by atoms with van der Waals surface area (Å²) in [5.41, 5.74) is 2.34. The highest BCUT2D eigenvalue weighted by atomic mass is 32.2. The van der Waals surface area contributed by atoms with Crippen molar-refractivity contribution in [3.8, 4) is 11.3 Å². The third kappa shape index (κ3) is 4.55. The van der Waals surface area contributed by atoms with Gasteiger partial charge in [-0.25, -0.2) is 12.7 Å². The number of anilines is 1. The highest BCUT2D eigenvalue weighted by Gasteiger charge is 2.24. The number of rotatable bonds is 5. The molecule has 1 aromatic heterocycles. The molecule has 1 aliphatic heterocycles. The van der Waals surface area contributed by atoms with E-state index in [1.165, 1.54) is 26.2 Å². The summed E-state index contributed by atoms with van der Waals surface area (Å²) in [6.07, 6.45) is 0. The molecule has 1 amide bonds. The SMILES string of the molecule is CN(C)S(=O)(=O)c1ccc(C(=O)N2CCN(c3ccc(-c4cccc5ccccc45)nn3)CC2)cc1. The smallest absolute Gasteiger partial charge is 0.253 e. The zero-order chi connectivity index (χ0) is 25.3. The van der Waals surface area contributed by atoms with Crippen molar-refractivity contribution in [3.63, 3.8) is 0 Å². The number of hydrogen-bond acceptors (Lipinski definition) is 6. The summed E-state index contributed by atoms with van der Waals surface area (Å²) in [7, 11) is -0.562. The molecule has 0 N–H and O–H groups in total. The molecule has 0 bridgehead atoms. The van der Waals surface area contributed by atoms with E-state index >= 15 is 0 Å². The number of aromatic nitrogens is 2. The van der Waals surface area contributed by atoms with Crippen LogP contribution in [-0.2, 0) is 10.0 Å². The van der Waals surface area contributed by atoms with Crippen LogP contribution in [0.25, 0.3) is 22.0 Å². The van der Waals surface area contributed by atoms with E-state index in [1.54, 1.807) is 17.0 Å². The van der Waals surface area contributed by atoms with Gasteiger partial charge in [-0.15, -0.1) is 10.2 Å². The van der Waals surface area contributed by atoms with Gasteiger partial charge in [-0.1, -0.05) is 42.5 Å². The monoisotopic (exact) mass is 501 g/mol. The average Bonchev–Trinajstić information content (AvgIpc) is 2.92. The van der Waals surface area contributed by atoms with Crippen molar-refractivity contribution < 1.29 is 13.2 Å². The van der Waals surface area contributed by atoms with E-state index in [9.17, 15) is 13.2 Å². The molecule has 1 aliphatic rings. The van der Waals surface area contributed by atoms with Gasteiger partial charge in [0.1, 0.15) is 0 Å². The maximum absolute atomic E-state index is 13.0. The van der Waals surface area contributed by atoms with Gasteiger partial charge in [-0.2, -0.15) is 0 Å². The lowest BCUT2D eigenvalue weighted by Crippen LogP contribution is -2.49. The van der Waals surface area contributed by atoms with Crippen LogP contribution in [0.4, 0.5) is 5.82 Å². The molecule has 1 saturated heterocycles. The van der Waals surface area contributed by atoms with E-state index in [0.29, 0.717) is 31.7 Å². The highest BCUT2D eigenvalue weighted by molar-refractivity contribution is 7.89. The molecule has 0 spiro atoms. The fourth-order valence-corrected chi connectivity index (χ4v) is 5.29. The summed E-state index contributed by atoms with van der Waals surface area (Å²) in [5, 5.41) is 11.3. The largest absolute Gasteiger partial charge is 0.352 e. The summed E-state index contributed by atoms with van der Waals surface area (Å²) in [4.78, 5) is 17.0. The van der Waals surface area contributed by atoms with Crippen molar-refractivity contribution in [2.75, 3.05) is 45.2 Å². The van der Waals surface area contributed by atoms with Crippen molar-refractivity contribution in [1.82, 2.24) is 19.4 Å². The molecule has 1 fully saturated rings. The summed E-state index contributed by atoms with van der Waals surface area (Å²) < 4.78 is 25.7. The summed E-state index contributed by atoms with van der Waals surface area (Å²) in [5.74, 6) is 0.671. The van der Waals surface area contributed by atoms with Gasteiger partial charge in [-0.3, -0.25) is 4.79 Å². The Morgan fingerprint density at radius 3 is 2.17 bits per heavy atom. The normalized spacial score (nSPS) is 14.4. The fraction of sp³-hybridized carbons (Fsp3) is 0.222. The standard InChI is InChI=1S/C27H27N5O3S/c1-30(2)36(34,35)22-12-10-21(11-13-22)27(33)32-18-16-31(17-19-32)26-15-14-25(28-29-26)24-9-5-7-20-6-3-4-8-23(20)24/h3-15H,16-19H2,1-2H3. The third-order valence-electron chi connectivity index (χ3n) is 6.49. The first-order valence-corrected chi connectivity index (χ1v) is 13.2. The van der Waals surface area contributed by atoms with Gasteiger partial charge in [0.05, 0.1) is 10.6 Å². The zero-order valence-corrected chi connectivity index (χ0v) is 21.0. The van der Waals surface area contributed by atoms with Crippen LogP contribution in [0.3, 0.4) is 0 Å². The molecule has 0 atom stereocenters. The maximum Gasteiger partial charge on any atom is 0.253 e. The van der Waals surface area contributed by atoms with Crippen LogP contribution in [0.5, 0.6) is 0 Å². The number of amides is 1. The van der Waals surface area contributed by atoms with E-state index in [4.69, 9.17) is 0 Å². The van der Waals surface area contributed by atoms with Crippen LogP contribution in [0, 0.1) is 0 Å². The Hall–Kier alpha value is -3.82. The van der Waals surface area contributed by atoms with Crippen molar-refractivity contribution >= 4 is 32.5 Å². The number of carbonyl (C=O) groups is 1. The molecule has 0 radical (unpaired) electrons. The van der Waals surface area contributed by atoms with Gasteiger partial charge in [0.15, 0.2) is 5.82 Å². The molecule has 8 nitrogen and oxygen atoms in total. The number of nitrogens with zero attached hydrogens (tertiary/aromatic N) is 5. The predicted molar refractivity (Wildman–Crippen MR) is 140 cm³/mol. The average molecular weight is 502 g/mol.